The molecule has 0 spiro atoms. The fraction of sp³-hybridized carbons (Fsp3) is 0. The summed E-state index contributed by atoms with van der Waals surface area (Å²) in [5.74, 6) is -0.465. The van der Waals surface area contributed by atoms with Gasteiger partial charge in [0.25, 0.3) is 5.91 Å². The third kappa shape index (κ3) is 2.72. The number of nitrogens with zero attached hydrogens (tertiary/aromatic N) is 2. The minimum absolute atomic E-state index is 0.0585. The standard InChI is InChI=1S/C12H8Cl2N2O2/c13-10-4-2-1-3-9(10)12(17)15-8-5-6-16(18)11(14)7-8/h1-7,18H. The first-order chi connectivity index (χ1) is 8.58. The van der Waals surface area contributed by atoms with Gasteiger partial charge < -0.3 is 5.21 Å². The first-order valence-electron chi connectivity index (χ1n) is 4.99. The van der Waals surface area contributed by atoms with Crippen LogP contribution in [0.15, 0.2) is 47.6 Å². The van der Waals surface area contributed by atoms with E-state index in [1.165, 1.54) is 18.3 Å². The summed E-state index contributed by atoms with van der Waals surface area (Å²) in [5.41, 5.74) is 0.316. The number of benzene rings is 1. The van der Waals surface area contributed by atoms with Crippen LogP contribution in [-0.2, 0) is 0 Å². The summed E-state index contributed by atoms with van der Waals surface area (Å²) in [7, 11) is 0. The molecule has 0 saturated carbocycles. The lowest BCUT2D eigenvalue weighted by Crippen LogP contribution is -2.09. The van der Waals surface area contributed by atoms with Crippen molar-refractivity contribution in [2.24, 2.45) is 4.99 Å². The van der Waals surface area contributed by atoms with Crippen molar-refractivity contribution < 1.29 is 10.0 Å². The Balaban J connectivity index is 2.42. The van der Waals surface area contributed by atoms with Gasteiger partial charge in [-0.15, -0.1) is 0 Å². The first-order valence-corrected chi connectivity index (χ1v) is 5.74. The monoisotopic (exact) mass is 282 g/mol. The predicted octanol–water partition coefficient (Wildman–Crippen LogP) is 2.77. The average molecular weight is 283 g/mol. The second-order valence-corrected chi connectivity index (χ2v) is 4.24. The Morgan fingerprint density at radius 1 is 1.22 bits per heavy atom. The second kappa shape index (κ2) is 5.25. The van der Waals surface area contributed by atoms with Crippen LogP contribution < -0.4 is 5.36 Å². The normalized spacial score (nSPS) is 11.6. The smallest absolute Gasteiger partial charge is 0.279 e. The summed E-state index contributed by atoms with van der Waals surface area (Å²) >= 11 is 11.6. The van der Waals surface area contributed by atoms with Crippen LogP contribution in [0.3, 0.4) is 0 Å². The average Bonchev–Trinajstić information content (AvgIpc) is 2.34. The van der Waals surface area contributed by atoms with E-state index in [1.54, 1.807) is 24.3 Å². The molecule has 0 bridgehead atoms. The maximum atomic E-state index is 11.9. The van der Waals surface area contributed by atoms with Gasteiger partial charge in [0.05, 0.1) is 15.9 Å². The van der Waals surface area contributed by atoms with E-state index < -0.39 is 5.91 Å². The molecule has 0 aliphatic rings. The maximum Gasteiger partial charge on any atom is 0.279 e. The molecule has 18 heavy (non-hydrogen) atoms. The van der Waals surface area contributed by atoms with E-state index in [-0.39, 0.29) is 5.15 Å². The predicted molar refractivity (Wildman–Crippen MR) is 68.0 cm³/mol. The number of hydrogen-bond acceptors (Lipinski definition) is 2. The molecule has 0 saturated heterocycles. The Morgan fingerprint density at radius 2 is 1.94 bits per heavy atom. The van der Waals surface area contributed by atoms with Crippen LogP contribution in [0, 0.1) is 0 Å². The summed E-state index contributed by atoms with van der Waals surface area (Å²) in [6, 6.07) is 9.47. The van der Waals surface area contributed by atoms with Crippen molar-refractivity contribution in [2.75, 3.05) is 0 Å². The molecule has 0 aliphatic heterocycles. The van der Waals surface area contributed by atoms with Crippen molar-refractivity contribution in [3.05, 3.63) is 63.7 Å². The van der Waals surface area contributed by atoms with Crippen LogP contribution in [0.5, 0.6) is 0 Å². The summed E-state index contributed by atoms with van der Waals surface area (Å²) in [4.78, 5) is 15.7. The zero-order chi connectivity index (χ0) is 13.1. The lowest BCUT2D eigenvalue weighted by atomic mass is 10.2. The van der Waals surface area contributed by atoms with Crippen molar-refractivity contribution in [3.63, 3.8) is 0 Å². The van der Waals surface area contributed by atoms with Gasteiger partial charge in [0, 0.05) is 12.3 Å². The van der Waals surface area contributed by atoms with Crippen LogP contribution in [0.1, 0.15) is 10.4 Å². The van der Waals surface area contributed by atoms with Gasteiger partial charge >= 0.3 is 0 Å². The molecule has 6 heteroatoms. The van der Waals surface area contributed by atoms with Crippen LogP contribution in [0.2, 0.25) is 10.2 Å². The highest BCUT2D eigenvalue weighted by molar-refractivity contribution is 6.33. The molecule has 1 N–H and O–H groups in total. The van der Waals surface area contributed by atoms with E-state index in [1.807, 2.05) is 0 Å². The van der Waals surface area contributed by atoms with Crippen molar-refractivity contribution in [1.82, 2.24) is 4.73 Å². The fourth-order valence-corrected chi connectivity index (χ4v) is 1.72. The molecule has 0 atom stereocenters. The number of halogens is 2. The van der Waals surface area contributed by atoms with Crippen molar-refractivity contribution in [1.29, 1.82) is 0 Å². The van der Waals surface area contributed by atoms with Gasteiger partial charge in [0.1, 0.15) is 5.15 Å². The van der Waals surface area contributed by atoms with Gasteiger partial charge in [-0.1, -0.05) is 35.3 Å². The Bertz CT molecular complexity index is 665. The van der Waals surface area contributed by atoms with Crippen LogP contribution in [-0.4, -0.2) is 15.8 Å². The van der Waals surface area contributed by atoms with E-state index >= 15 is 0 Å². The Kier molecular flexibility index (Phi) is 3.69. The van der Waals surface area contributed by atoms with E-state index in [9.17, 15) is 10.0 Å². The van der Waals surface area contributed by atoms with Gasteiger partial charge in [0.2, 0.25) is 0 Å². The Morgan fingerprint density at radius 3 is 2.61 bits per heavy atom. The van der Waals surface area contributed by atoms with Crippen LogP contribution in [0.4, 0.5) is 0 Å². The molecule has 1 aromatic heterocycles. The molecule has 0 unspecified atom stereocenters. The number of carbonyl (C=O) groups excluding carboxylic acids is 1. The zero-order valence-electron chi connectivity index (χ0n) is 9.05. The van der Waals surface area contributed by atoms with Crippen LogP contribution in [0.25, 0.3) is 0 Å². The lowest BCUT2D eigenvalue weighted by Gasteiger charge is -2.00. The lowest BCUT2D eigenvalue weighted by molar-refractivity contribution is 0.0998. The highest BCUT2D eigenvalue weighted by atomic mass is 35.5. The molecular formula is C12H8Cl2N2O2. The number of rotatable bonds is 1. The number of pyridine rings is 1. The van der Waals surface area contributed by atoms with Crippen LogP contribution >= 0.6 is 23.2 Å². The van der Waals surface area contributed by atoms with Gasteiger partial charge in [-0.25, -0.2) is 4.99 Å². The minimum Gasteiger partial charge on any atom is -0.428 e. The Labute approximate surface area is 113 Å². The molecule has 0 fully saturated rings. The molecule has 2 aromatic rings. The van der Waals surface area contributed by atoms with Crippen molar-refractivity contribution >= 4 is 29.1 Å². The van der Waals surface area contributed by atoms with E-state index in [2.05, 4.69) is 4.99 Å². The van der Waals surface area contributed by atoms with E-state index in [0.717, 1.165) is 4.73 Å². The number of amides is 1. The van der Waals surface area contributed by atoms with Gasteiger partial charge in [-0.05, 0) is 18.2 Å². The molecule has 4 nitrogen and oxygen atoms in total. The molecule has 1 aromatic carbocycles. The second-order valence-electron chi connectivity index (χ2n) is 3.45. The summed E-state index contributed by atoms with van der Waals surface area (Å²) in [6.07, 6.45) is 1.29. The molecule has 0 radical (unpaired) electrons. The molecule has 2 rings (SSSR count). The first kappa shape index (κ1) is 12.7. The Hall–Kier alpha value is -1.78. The molecule has 92 valence electrons. The number of aromatic nitrogens is 1. The van der Waals surface area contributed by atoms with Crippen molar-refractivity contribution in [2.45, 2.75) is 0 Å². The molecule has 1 heterocycles. The third-order valence-electron chi connectivity index (χ3n) is 2.21. The molecule has 1 amide bonds. The topological polar surface area (TPSA) is 54.6 Å². The minimum atomic E-state index is -0.465. The molecular weight excluding hydrogens is 275 g/mol. The highest BCUT2D eigenvalue weighted by Crippen LogP contribution is 2.15. The quantitative estimate of drug-likeness (QED) is 0.646. The SMILES string of the molecule is O=C(N=c1ccn(O)c(Cl)c1)c1ccccc1Cl. The fourth-order valence-electron chi connectivity index (χ4n) is 1.34. The van der Waals surface area contributed by atoms with Crippen molar-refractivity contribution in [3.8, 4) is 0 Å². The van der Waals surface area contributed by atoms with Gasteiger partial charge in [-0.3, -0.25) is 4.79 Å². The highest BCUT2D eigenvalue weighted by Gasteiger charge is 2.07. The van der Waals surface area contributed by atoms with Gasteiger partial charge in [-0.2, -0.15) is 4.73 Å². The van der Waals surface area contributed by atoms with Gasteiger partial charge in [0.15, 0.2) is 0 Å². The van der Waals surface area contributed by atoms with E-state index in [4.69, 9.17) is 23.2 Å². The molecule has 0 aliphatic carbocycles. The summed E-state index contributed by atoms with van der Waals surface area (Å²) in [5, 5.41) is 9.92. The third-order valence-corrected chi connectivity index (χ3v) is 2.82. The van der Waals surface area contributed by atoms with E-state index in [0.29, 0.717) is 15.9 Å². The summed E-state index contributed by atoms with van der Waals surface area (Å²) < 4.78 is 0.723. The zero-order valence-corrected chi connectivity index (χ0v) is 10.6. The largest absolute Gasteiger partial charge is 0.428 e. The maximum absolute atomic E-state index is 11.9. The summed E-state index contributed by atoms with van der Waals surface area (Å²) in [6.45, 7) is 0. The number of hydrogen-bond donors (Lipinski definition) is 1. The number of carbonyl (C=O) groups is 1.